The lowest BCUT2D eigenvalue weighted by molar-refractivity contribution is 0.764. The van der Waals surface area contributed by atoms with Gasteiger partial charge in [-0.1, -0.05) is 6.92 Å². The molecule has 2 aromatic heterocycles. The Kier molecular flexibility index (Phi) is 4.14. The third-order valence-corrected chi connectivity index (χ3v) is 3.36. The summed E-state index contributed by atoms with van der Waals surface area (Å²) >= 11 is 1.46. The summed E-state index contributed by atoms with van der Waals surface area (Å²) in [6.45, 7) is 4.93. The van der Waals surface area contributed by atoms with Gasteiger partial charge in [0, 0.05) is 13.6 Å². The Morgan fingerprint density at radius 1 is 1.33 bits per heavy atom. The number of hydrogen-bond acceptors (Lipinski definition) is 6. The Labute approximate surface area is 110 Å². The molecule has 0 saturated heterocycles. The number of aromatic nitrogens is 5. The minimum atomic E-state index is 0.792. The molecule has 0 bridgehead atoms. The number of nitrogens with one attached hydrogen (secondary N) is 1. The third kappa shape index (κ3) is 2.98. The van der Waals surface area contributed by atoms with E-state index >= 15 is 0 Å². The number of hydrogen-bond donors (Lipinski definition) is 1. The smallest absolute Gasteiger partial charge is 0.197 e. The topological polar surface area (TPSA) is 68.5 Å². The predicted octanol–water partition coefficient (Wildman–Crippen LogP) is 1.89. The zero-order valence-electron chi connectivity index (χ0n) is 10.7. The molecular formula is C11H16N6S. The van der Waals surface area contributed by atoms with Crippen LogP contribution < -0.4 is 5.32 Å². The van der Waals surface area contributed by atoms with Crippen molar-refractivity contribution in [2.24, 2.45) is 7.05 Å². The maximum absolute atomic E-state index is 4.46. The zero-order chi connectivity index (χ0) is 13.0. The monoisotopic (exact) mass is 264 g/mol. The molecule has 0 aliphatic heterocycles. The Balaban J connectivity index is 2.11. The van der Waals surface area contributed by atoms with Crippen LogP contribution in [0.1, 0.15) is 19.2 Å². The number of anilines is 1. The molecule has 96 valence electrons. The second-order valence-corrected chi connectivity index (χ2v) is 4.85. The summed E-state index contributed by atoms with van der Waals surface area (Å²) in [4.78, 5) is 8.63. The SMILES string of the molecule is CCCNc1cncc(Sc2nnc(C)n2C)n1. The first-order valence-corrected chi connectivity index (χ1v) is 6.62. The van der Waals surface area contributed by atoms with E-state index in [-0.39, 0.29) is 0 Å². The summed E-state index contributed by atoms with van der Waals surface area (Å²) in [5, 5.41) is 12.9. The molecule has 2 rings (SSSR count). The summed E-state index contributed by atoms with van der Waals surface area (Å²) in [6.07, 6.45) is 4.51. The Hall–Kier alpha value is -1.63. The maximum atomic E-state index is 4.46. The first-order chi connectivity index (χ1) is 8.70. The highest BCUT2D eigenvalue weighted by Crippen LogP contribution is 2.24. The van der Waals surface area contributed by atoms with Crippen LogP contribution in [0.15, 0.2) is 22.6 Å². The van der Waals surface area contributed by atoms with Gasteiger partial charge in [-0.05, 0) is 25.1 Å². The standard InChI is InChI=1S/C11H16N6S/c1-4-5-13-9-6-12-7-10(14-9)18-11-16-15-8(2)17(11)3/h6-7H,4-5H2,1-3H3,(H,13,14). The summed E-state index contributed by atoms with van der Waals surface area (Å²) in [5.74, 6) is 1.67. The molecule has 0 aliphatic rings. The van der Waals surface area contributed by atoms with Gasteiger partial charge < -0.3 is 9.88 Å². The van der Waals surface area contributed by atoms with Gasteiger partial charge in [0.05, 0.1) is 12.4 Å². The van der Waals surface area contributed by atoms with Crippen molar-refractivity contribution in [2.75, 3.05) is 11.9 Å². The lowest BCUT2D eigenvalue weighted by atomic mass is 10.5. The van der Waals surface area contributed by atoms with E-state index in [9.17, 15) is 0 Å². The molecule has 0 aromatic carbocycles. The Bertz CT molecular complexity index is 524. The van der Waals surface area contributed by atoms with E-state index in [4.69, 9.17) is 0 Å². The molecule has 0 fully saturated rings. The van der Waals surface area contributed by atoms with Gasteiger partial charge in [-0.15, -0.1) is 10.2 Å². The molecule has 2 aromatic rings. The molecule has 1 N–H and O–H groups in total. The lowest BCUT2D eigenvalue weighted by Gasteiger charge is -2.05. The quantitative estimate of drug-likeness (QED) is 0.889. The van der Waals surface area contributed by atoms with E-state index in [2.05, 4.69) is 32.4 Å². The largest absolute Gasteiger partial charge is 0.369 e. The normalized spacial score (nSPS) is 10.6. The second kappa shape index (κ2) is 5.81. The van der Waals surface area contributed by atoms with Crippen molar-refractivity contribution < 1.29 is 0 Å². The number of aryl methyl sites for hydroxylation is 1. The van der Waals surface area contributed by atoms with Crippen LogP contribution in [0.25, 0.3) is 0 Å². The van der Waals surface area contributed by atoms with Crippen LogP contribution in [0.5, 0.6) is 0 Å². The van der Waals surface area contributed by atoms with Gasteiger partial charge in [-0.2, -0.15) is 0 Å². The van der Waals surface area contributed by atoms with Crippen molar-refractivity contribution in [3.8, 4) is 0 Å². The molecule has 0 amide bonds. The van der Waals surface area contributed by atoms with Gasteiger partial charge in [0.1, 0.15) is 16.7 Å². The molecule has 2 heterocycles. The molecule has 18 heavy (non-hydrogen) atoms. The van der Waals surface area contributed by atoms with E-state index in [0.29, 0.717) is 0 Å². The van der Waals surface area contributed by atoms with E-state index < -0.39 is 0 Å². The number of nitrogens with zero attached hydrogens (tertiary/aromatic N) is 5. The fraction of sp³-hybridized carbons (Fsp3) is 0.455. The molecule has 0 atom stereocenters. The van der Waals surface area contributed by atoms with Gasteiger partial charge in [-0.25, -0.2) is 4.98 Å². The van der Waals surface area contributed by atoms with Gasteiger partial charge in [0.15, 0.2) is 5.16 Å². The Morgan fingerprint density at radius 2 is 2.17 bits per heavy atom. The van der Waals surface area contributed by atoms with E-state index in [1.54, 1.807) is 12.4 Å². The average Bonchev–Trinajstić information content (AvgIpc) is 2.69. The van der Waals surface area contributed by atoms with E-state index in [1.807, 2.05) is 18.5 Å². The first kappa shape index (κ1) is 12.8. The minimum absolute atomic E-state index is 0.792. The van der Waals surface area contributed by atoms with Crippen molar-refractivity contribution in [1.29, 1.82) is 0 Å². The highest BCUT2D eigenvalue weighted by molar-refractivity contribution is 7.99. The lowest BCUT2D eigenvalue weighted by Crippen LogP contribution is -2.03. The third-order valence-electron chi connectivity index (χ3n) is 2.42. The average molecular weight is 264 g/mol. The van der Waals surface area contributed by atoms with Crippen molar-refractivity contribution >= 4 is 17.6 Å². The van der Waals surface area contributed by atoms with E-state index in [1.165, 1.54) is 11.8 Å². The highest BCUT2D eigenvalue weighted by atomic mass is 32.2. The second-order valence-electron chi connectivity index (χ2n) is 3.86. The van der Waals surface area contributed by atoms with Crippen LogP contribution >= 0.6 is 11.8 Å². The Morgan fingerprint density at radius 3 is 2.83 bits per heavy atom. The zero-order valence-corrected chi connectivity index (χ0v) is 11.5. The van der Waals surface area contributed by atoms with Crippen molar-refractivity contribution in [2.45, 2.75) is 30.5 Å². The van der Waals surface area contributed by atoms with Gasteiger partial charge in [0.25, 0.3) is 0 Å². The van der Waals surface area contributed by atoms with Crippen LogP contribution in [-0.4, -0.2) is 31.3 Å². The minimum Gasteiger partial charge on any atom is -0.369 e. The van der Waals surface area contributed by atoms with Crippen molar-refractivity contribution in [3.63, 3.8) is 0 Å². The van der Waals surface area contributed by atoms with Gasteiger partial charge >= 0.3 is 0 Å². The van der Waals surface area contributed by atoms with E-state index in [0.717, 1.165) is 34.8 Å². The van der Waals surface area contributed by atoms with Crippen LogP contribution in [0, 0.1) is 6.92 Å². The maximum Gasteiger partial charge on any atom is 0.197 e. The summed E-state index contributed by atoms with van der Waals surface area (Å²) < 4.78 is 1.93. The van der Waals surface area contributed by atoms with Crippen molar-refractivity contribution in [1.82, 2.24) is 24.7 Å². The predicted molar refractivity (Wildman–Crippen MR) is 70.7 cm³/mol. The van der Waals surface area contributed by atoms with Gasteiger partial charge in [0.2, 0.25) is 0 Å². The van der Waals surface area contributed by atoms with Crippen LogP contribution in [-0.2, 0) is 7.05 Å². The highest BCUT2D eigenvalue weighted by Gasteiger charge is 2.08. The molecule has 0 radical (unpaired) electrons. The fourth-order valence-electron chi connectivity index (χ4n) is 1.31. The molecule has 0 spiro atoms. The molecule has 0 saturated carbocycles. The molecular weight excluding hydrogens is 248 g/mol. The van der Waals surface area contributed by atoms with Gasteiger partial charge in [-0.3, -0.25) is 4.98 Å². The summed E-state index contributed by atoms with van der Waals surface area (Å²) in [5.41, 5.74) is 0. The van der Waals surface area contributed by atoms with Crippen molar-refractivity contribution in [3.05, 3.63) is 18.2 Å². The molecule has 0 aliphatic carbocycles. The fourth-order valence-corrected chi connectivity index (χ4v) is 2.10. The molecule has 7 heteroatoms. The van der Waals surface area contributed by atoms with Crippen LogP contribution in [0.4, 0.5) is 5.82 Å². The summed E-state index contributed by atoms with van der Waals surface area (Å²) in [7, 11) is 1.93. The molecule has 0 unspecified atom stereocenters. The number of rotatable bonds is 5. The molecule has 6 nitrogen and oxygen atoms in total. The van der Waals surface area contributed by atoms with Crippen LogP contribution in [0.2, 0.25) is 0 Å². The summed E-state index contributed by atoms with van der Waals surface area (Å²) in [6, 6.07) is 0. The van der Waals surface area contributed by atoms with Crippen LogP contribution in [0.3, 0.4) is 0 Å². The first-order valence-electron chi connectivity index (χ1n) is 5.80.